The summed E-state index contributed by atoms with van der Waals surface area (Å²) in [6.45, 7) is 5.52. The monoisotopic (exact) mass is 220 g/mol. The Morgan fingerprint density at radius 1 is 1.29 bits per heavy atom. The highest BCUT2D eigenvalue weighted by Crippen LogP contribution is 2.05. The van der Waals surface area contributed by atoms with Crippen LogP contribution in [-0.4, -0.2) is 45.2 Å². The van der Waals surface area contributed by atoms with Crippen LogP contribution < -0.4 is 4.72 Å². The van der Waals surface area contributed by atoms with Crippen molar-refractivity contribution < 1.29 is 8.42 Å². The van der Waals surface area contributed by atoms with Crippen LogP contribution in [0.15, 0.2) is 0 Å². The number of hydrogen-bond donors (Lipinski definition) is 1. The van der Waals surface area contributed by atoms with Crippen molar-refractivity contribution in [1.29, 1.82) is 0 Å². The molecule has 0 aromatic heterocycles. The van der Waals surface area contributed by atoms with Crippen LogP contribution in [0.3, 0.4) is 0 Å². The fourth-order valence-electron chi connectivity index (χ4n) is 1.71. The minimum Gasteiger partial charge on any atom is -0.302 e. The highest BCUT2D eigenvalue weighted by Gasteiger charge is 2.12. The maximum atomic E-state index is 11.3. The summed E-state index contributed by atoms with van der Waals surface area (Å²) in [5.41, 5.74) is 0. The molecule has 0 aliphatic carbocycles. The van der Waals surface area contributed by atoms with Gasteiger partial charge in [-0.25, -0.2) is 13.1 Å². The molecule has 0 aromatic carbocycles. The molecule has 0 unspecified atom stereocenters. The Morgan fingerprint density at radius 2 is 1.93 bits per heavy atom. The molecular formula is C9H20N2O2S. The fourth-order valence-corrected chi connectivity index (χ4v) is 2.79. The van der Waals surface area contributed by atoms with Gasteiger partial charge in [-0.2, -0.15) is 0 Å². The van der Waals surface area contributed by atoms with Crippen molar-refractivity contribution in [2.75, 3.05) is 31.9 Å². The van der Waals surface area contributed by atoms with Gasteiger partial charge in [0.25, 0.3) is 0 Å². The van der Waals surface area contributed by atoms with Gasteiger partial charge in [-0.15, -0.1) is 0 Å². The minimum absolute atomic E-state index is 0.243. The van der Waals surface area contributed by atoms with Crippen molar-refractivity contribution in [2.45, 2.75) is 26.2 Å². The lowest BCUT2D eigenvalue weighted by molar-refractivity contribution is 0.344. The van der Waals surface area contributed by atoms with Crippen LogP contribution in [0.5, 0.6) is 0 Å². The first-order valence-electron chi connectivity index (χ1n) is 5.34. The Labute approximate surface area is 86.7 Å². The third-order valence-corrected chi connectivity index (χ3v) is 4.01. The molecule has 84 valence electrons. The third-order valence-electron chi connectivity index (χ3n) is 2.42. The molecule has 0 amide bonds. The lowest BCUT2D eigenvalue weighted by Crippen LogP contribution is -2.34. The van der Waals surface area contributed by atoms with Crippen LogP contribution in [0.2, 0.25) is 0 Å². The van der Waals surface area contributed by atoms with E-state index in [9.17, 15) is 8.42 Å². The van der Waals surface area contributed by atoms with E-state index < -0.39 is 10.0 Å². The summed E-state index contributed by atoms with van der Waals surface area (Å²) in [7, 11) is -3.00. The molecular weight excluding hydrogens is 200 g/mol. The van der Waals surface area contributed by atoms with E-state index in [0.29, 0.717) is 13.0 Å². The van der Waals surface area contributed by atoms with Crippen LogP contribution in [0, 0.1) is 0 Å². The van der Waals surface area contributed by atoms with Crippen molar-refractivity contribution in [1.82, 2.24) is 9.62 Å². The predicted molar refractivity (Wildman–Crippen MR) is 57.8 cm³/mol. The van der Waals surface area contributed by atoms with Gasteiger partial charge in [0.15, 0.2) is 0 Å². The average molecular weight is 220 g/mol. The number of sulfonamides is 1. The quantitative estimate of drug-likeness (QED) is 0.705. The average Bonchev–Trinajstić information content (AvgIpc) is 2.56. The van der Waals surface area contributed by atoms with E-state index in [2.05, 4.69) is 9.62 Å². The van der Waals surface area contributed by atoms with Crippen molar-refractivity contribution >= 4 is 10.0 Å². The Balaban J connectivity index is 2.13. The van der Waals surface area contributed by atoms with Crippen LogP contribution >= 0.6 is 0 Å². The van der Waals surface area contributed by atoms with Crippen molar-refractivity contribution in [3.8, 4) is 0 Å². The fraction of sp³-hybridized carbons (Fsp3) is 1.00. The number of nitrogens with zero attached hydrogens (tertiary/aromatic N) is 1. The summed E-state index contributed by atoms with van der Waals surface area (Å²) in [6, 6.07) is 0. The Kier molecular flexibility index (Phi) is 4.84. The summed E-state index contributed by atoms with van der Waals surface area (Å²) in [5.74, 6) is 0.243. The van der Waals surface area contributed by atoms with Crippen LogP contribution in [0.25, 0.3) is 0 Å². The maximum absolute atomic E-state index is 11.3. The maximum Gasteiger partial charge on any atom is 0.211 e. The number of nitrogens with one attached hydrogen (secondary N) is 1. The molecule has 1 rings (SSSR count). The Hall–Kier alpha value is -0.130. The standard InChI is InChI=1S/C9H20N2O2S/c1-2-9-14(12,13)10-5-8-11-6-3-4-7-11/h10H,2-9H2,1H3. The number of hydrogen-bond acceptors (Lipinski definition) is 3. The number of rotatable bonds is 6. The van der Waals surface area contributed by atoms with E-state index in [0.717, 1.165) is 19.6 Å². The lowest BCUT2D eigenvalue weighted by atomic mass is 10.4. The van der Waals surface area contributed by atoms with E-state index in [1.807, 2.05) is 6.92 Å². The van der Waals surface area contributed by atoms with Crippen molar-refractivity contribution in [3.05, 3.63) is 0 Å². The molecule has 5 heteroatoms. The Morgan fingerprint density at radius 3 is 2.50 bits per heavy atom. The first-order valence-corrected chi connectivity index (χ1v) is 6.99. The van der Waals surface area contributed by atoms with E-state index in [1.54, 1.807) is 0 Å². The topological polar surface area (TPSA) is 49.4 Å². The van der Waals surface area contributed by atoms with Gasteiger partial charge in [-0.1, -0.05) is 6.92 Å². The van der Waals surface area contributed by atoms with E-state index in [-0.39, 0.29) is 5.75 Å². The van der Waals surface area contributed by atoms with Crippen molar-refractivity contribution in [3.63, 3.8) is 0 Å². The molecule has 4 nitrogen and oxygen atoms in total. The van der Waals surface area contributed by atoms with Crippen molar-refractivity contribution in [2.24, 2.45) is 0 Å². The van der Waals surface area contributed by atoms with Gasteiger partial charge in [0.05, 0.1) is 5.75 Å². The molecule has 1 aliphatic heterocycles. The van der Waals surface area contributed by atoms with Gasteiger partial charge in [0.2, 0.25) is 10.0 Å². The molecule has 1 N–H and O–H groups in total. The van der Waals surface area contributed by atoms with Crippen LogP contribution in [0.1, 0.15) is 26.2 Å². The van der Waals surface area contributed by atoms with E-state index >= 15 is 0 Å². The summed E-state index contributed by atoms with van der Waals surface area (Å²) < 4.78 is 25.2. The largest absolute Gasteiger partial charge is 0.302 e. The molecule has 0 radical (unpaired) electrons. The molecule has 0 saturated carbocycles. The zero-order chi connectivity index (χ0) is 10.4. The minimum atomic E-state index is -3.00. The number of likely N-dealkylation sites (tertiary alicyclic amines) is 1. The lowest BCUT2D eigenvalue weighted by Gasteiger charge is -2.14. The molecule has 1 saturated heterocycles. The second kappa shape index (κ2) is 5.68. The zero-order valence-electron chi connectivity index (χ0n) is 8.83. The molecule has 0 atom stereocenters. The molecule has 0 bridgehead atoms. The van der Waals surface area contributed by atoms with E-state index in [4.69, 9.17) is 0 Å². The van der Waals surface area contributed by atoms with Crippen LogP contribution in [0.4, 0.5) is 0 Å². The zero-order valence-corrected chi connectivity index (χ0v) is 9.65. The summed E-state index contributed by atoms with van der Waals surface area (Å²) >= 11 is 0. The molecule has 1 heterocycles. The smallest absolute Gasteiger partial charge is 0.211 e. The molecule has 1 aliphatic rings. The van der Waals surface area contributed by atoms with Gasteiger partial charge >= 0.3 is 0 Å². The van der Waals surface area contributed by atoms with Crippen LogP contribution in [-0.2, 0) is 10.0 Å². The van der Waals surface area contributed by atoms with Gasteiger partial charge < -0.3 is 4.90 Å². The van der Waals surface area contributed by atoms with Gasteiger partial charge in [-0.3, -0.25) is 0 Å². The highest BCUT2D eigenvalue weighted by atomic mass is 32.2. The third kappa shape index (κ3) is 4.39. The highest BCUT2D eigenvalue weighted by molar-refractivity contribution is 7.89. The first-order chi connectivity index (χ1) is 6.64. The molecule has 1 fully saturated rings. The molecule has 0 aromatic rings. The molecule has 14 heavy (non-hydrogen) atoms. The van der Waals surface area contributed by atoms with Gasteiger partial charge in [0, 0.05) is 13.1 Å². The normalized spacial score (nSPS) is 18.9. The molecule has 0 spiro atoms. The van der Waals surface area contributed by atoms with E-state index in [1.165, 1.54) is 12.8 Å². The van der Waals surface area contributed by atoms with Gasteiger partial charge in [-0.05, 0) is 32.4 Å². The SMILES string of the molecule is CCCS(=O)(=O)NCCN1CCCC1. The second-order valence-electron chi connectivity index (χ2n) is 3.76. The Bertz CT molecular complexity index is 246. The first kappa shape index (κ1) is 11.9. The van der Waals surface area contributed by atoms with Gasteiger partial charge in [0.1, 0.15) is 0 Å². The summed E-state index contributed by atoms with van der Waals surface area (Å²) in [5, 5.41) is 0. The predicted octanol–water partition coefficient (Wildman–Crippen LogP) is 0.412. The second-order valence-corrected chi connectivity index (χ2v) is 5.69. The summed E-state index contributed by atoms with van der Waals surface area (Å²) in [6.07, 6.45) is 3.18. The summed E-state index contributed by atoms with van der Waals surface area (Å²) in [4.78, 5) is 2.30.